The fourth-order valence-corrected chi connectivity index (χ4v) is 1.73. The van der Waals surface area contributed by atoms with Crippen molar-refractivity contribution in [1.29, 1.82) is 0 Å². The van der Waals surface area contributed by atoms with Crippen molar-refractivity contribution in [3.63, 3.8) is 0 Å². The molecule has 22 heavy (non-hydrogen) atoms. The molecule has 6 heteroatoms. The first-order valence-electron chi connectivity index (χ1n) is 6.64. The van der Waals surface area contributed by atoms with E-state index in [1.54, 1.807) is 54.6 Å². The number of hydrazine groups is 1. The average Bonchev–Trinajstić information content (AvgIpc) is 2.55. The Morgan fingerprint density at radius 2 is 1.36 bits per heavy atom. The molecule has 0 atom stereocenters. The lowest BCUT2D eigenvalue weighted by molar-refractivity contribution is -0.120. The van der Waals surface area contributed by atoms with Gasteiger partial charge in [0.15, 0.2) is 5.78 Å². The fraction of sp³-hybridized carbons (Fsp3) is 0.0625. The molecule has 0 radical (unpaired) electrons. The second-order valence-corrected chi connectivity index (χ2v) is 4.46. The van der Waals surface area contributed by atoms with Crippen LogP contribution in [0.3, 0.4) is 0 Å². The van der Waals surface area contributed by atoms with Crippen molar-refractivity contribution in [3.8, 4) is 0 Å². The summed E-state index contributed by atoms with van der Waals surface area (Å²) in [7, 11) is 0. The van der Waals surface area contributed by atoms with Gasteiger partial charge in [-0.25, -0.2) is 10.2 Å². The lowest BCUT2D eigenvalue weighted by atomic mass is 10.1. The molecule has 2 aromatic rings. The number of carbonyl (C=O) groups excluding carboxylic acids is 3. The number of nitrogens with one attached hydrogen (secondary N) is 3. The maximum atomic E-state index is 11.8. The predicted molar refractivity (Wildman–Crippen MR) is 82.1 cm³/mol. The Balaban J connectivity index is 1.76. The number of hydrogen-bond acceptors (Lipinski definition) is 3. The van der Waals surface area contributed by atoms with Gasteiger partial charge in [-0.1, -0.05) is 48.5 Å². The van der Waals surface area contributed by atoms with Gasteiger partial charge in [-0.05, 0) is 12.1 Å². The Hall–Kier alpha value is -3.15. The fourth-order valence-electron chi connectivity index (χ4n) is 1.73. The highest BCUT2D eigenvalue weighted by Crippen LogP contribution is 2.04. The topological polar surface area (TPSA) is 87.3 Å². The van der Waals surface area contributed by atoms with E-state index in [1.165, 1.54) is 0 Å². The minimum atomic E-state index is -0.591. The largest absolute Gasteiger partial charge is 0.337 e. The lowest BCUT2D eigenvalue weighted by Gasteiger charge is -2.08. The maximum absolute atomic E-state index is 11.8. The molecule has 0 saturated heterocycles. The molecule has 2 aromatic carbocycles. The standard InChI is InChI=1S/C16H15N3O3/c20-14(12-7-3-1-4-8-12)11-15(21)18-19-16(22)17-13-9-5-2-6-10-13/h1-10H,11H2,(H,18,21)(H2,17,19,22). The maximum Gasteiger partial charge on any atom is 0.337 e. The summed E-state index contributed by atoms with van der Waals surface area (Å²) in [5, 5.41) is 2.53. The van der Waals surface area contributed by atoms with Crippen LogP contribution in [-0.2, 0) is 4.79 Å². The van der Waals surface area contributed by atoms with Gasteiger partial charge in [0, 0.05) is 11.3 Å². The highest BCUT2D eigenvalue weighted by atomic mass is 16.2. The predicted octanol–water partition coefficient (Wildman–Crippen LogP) is 2.11. The molecule has 0 unspecified atom stereocenters. The number of anilines is 1. The van der Waals surface area contributed by atoms with Crippen LogP contribution in [0, 0.1) is 0 Å². The van der Waals surface area contributed by atoms with Gasteiger partial charge in [-0.3, -0.25) is 15.0 Å². The van der Waals surface area contributed by atoms with Crippen LogP contribution in [0.1, 0.15) is 16.8 Å². The van der Waals surface area contributed by atoms with Crippen LogP contribution >= 0.6 is 0 Å². The summed E-state index contributed by atoms with van der Waals surface area (Å²) in [6.07, 6.45) is -0.338. The Morgan fingerprint density at radius 1 is 0.773 bits per heavy atom. The molecular weight excluding hydrogens is 282 g/mol. The number of Topliss-reactive ketones (excluding diaryl/α,β-unsaturated/α-hetero) is 1. The first-order valence-corrected chi connectivity index (χ1v) is 6.64. The number of rotatable bonds is 4. The zero-order chi connectivity index (χ0) is 15.8. The summed E-state index contributed by atoms with van der Waals surface area (Å²) in [4.78, 5) is 35.0. The molecule has 3 N–H and O–H groups in total. The third-order valence-corrected chi connectivity index (χ3v) is 2.76. The van der Waals surface area contributed by atoms with Crippen LogP contribution in [0.15, 0.2) is 60.7 Å². The van der Waals surface area contributed by atoms with Crippen molar-refractivity contribution < 1.29 is 14.4 Å². The molecule has 6 nitrogen and oxygen atoms in total. The van der Waals surface area contributed by atoms with Crippen molar-refractivity contribution in [1.82, 2.24) is 10.9 Å². The minimum Gasteiger partial charge on any atom is -0.307 e. The number of carbonyl (C=O) groups is 3. The second-order valence-electron chi connectivity index (χ2n) is 4.46. The lowest BCUT2D eigenvalue weighted by Crippen LogP contribution is -2.44. The van der Waals surface area contributed by atoms with E-state index in [1.807, 2.05) is 6.07 Å². The van der Waals surface area contributed by atoms with Gasteiger partial charge in [0.25, 0.3) is 0 Å². The number of urea groups is 1. The number of benzene rings is 2. The van der Waals surface area contributed by atoms with Gasteiger partial charge < -0.3 is 5.32 Å². The zero-order valence-corrected chi connectivity index (χ0v) is 11.7. The summed E-state index contributed by atoms with van der Waals surface area (Å²) >= 11 is 0. The van der Waals surface area contributed by atoms with Crippen molar-refractivity contribution in [2.45, 2.75) is 6.42 Å². The Morgan fingerprint density at radius 3 is 2.00 bits per heavy atom. The van der Waals surface area contributed by atoms with E-state index < -0.39 is 11.9 Å². The summed E-state index contributed by atoms with van der Waals surface area (Å²) < 4.78 is 0. The van der Waals surface area contributed by atoms with E-state index in [0.717, 1.165) is 0 Å². The third kappa shape index (κ3) is 4.75. The van der Waals surface area contributed by atoms with Crippen molar-refractivity contribution >= 4 is 23.4 Å². The normalized spacial score (nSPS) is 9.64. The van der Waals surface area contributed by atoms with Crippen LogP contribution < -0.4 is 16.2 Å². The molecule has 0 heterocycles. The number of ketones is 1. The quantitative estimate of drug-likeness (QED) is 0.459. The molecule has 0 aromatic heterocycles. The van der Waals surface area contributed by atoms with Gasteiger partial charge in [-0.2, -0.15) is 0 Å². The van der Waals surface area contributed by atoms with Gasteiger partial charge in [0.1, 0.15) is 0 Å². The van der Waals surface area contributed by atoms with Crippen molar-refractivity contribution in [2.75, 3.05) is 5.32 Å². The highest BCUT2D eigenvalue weighted by Gasteiger charge is 2.12. The first kappa shape index (κ1) is 15.2. The van der Waals surface area contributed by atoms with Gasteiger partial charge in [-0.15, -0.1) is 0 Å². The third-order valence-electron chi connectivity index (χ3n) is 2.76. The van der Waals surface area contributed by atoms with E-state index >= 15 is 0 Å². The van der Waals surface area contributed by atoms with Crippen molar-refractivity contribution in [3.05, 3.63) is 66.2 Å². The molecule has 2 rings (SSSR count). The van der Waals surface area contributed by atoms with E-state index in [9.17, 15) is 14.4 Å². The molecular formula is C16H15N3O3. The Bertz CT molecular complexity index is 657. The van der Waals surface area contributed by atoms with E-state index in [0.29, 0.717) is 11.3 Å². The molecule has 0 aliphatic rings. The van der Waals surface area contributed by atoms with Crippen LogP contribution in [-0.4, -0.2) is 17.7 Å². The molecule has 0 aliphatic carbocycles. The number of hydrogen-bond donors (Lipinski definition) is 3. The first-order chi connectivity index (χ1) is 10.6. The summed E-state index contributed by atoms with van der Waals surface area (Å²) in [6.45, 7) is 0. The summed E-state index contributed by atoms with van der Waals surface area (Å²) in [5.74, 6) is -0.902. The number of para-hydroxylation sites is 1. The molecule has 112 valence electrons. The van der Waals surface area contributed by atoms with Gasteiger partial charge in [0.05, 0.1) is 6.42 Å². The van der Waals surface area contributed by atoms with Crippen LogP contribution in [0.2, 0.25) is 0 Å². The molecule has 0 bridgehead atoms. The van der Waals surface area contributed by atoms with E-state index in [4.69, 9.17) is 0 Å². The van der Waals surface area contributed by atoms with E-state index in [2.05, 4.69) is 16.2 Å². The summed E-state index contributed by atoms with van der Waals surface area (Å²) in [5.41, 5.74) is 5.41. The Kier molecular flexibility index (Phi) is 5.25. The molecule has 0 spiro atoms. The Labute approximate surface area is 127 Å². The van der Waals surface area contributed by atoms with Gasteiger partial charge in [0.2, 0.25) is 5.91 Å². The zero-order valence-electron chi connectivity index (χ0n) is 11.7. The molecule has 0 aliphatic heterocycles. The van der Waals surface area contributed by atoms with Crippen LogP contribution in [0.4, 0.5) is 10.5 Å². The second kappa shape index (κ2) is 7.58. The average molecular weight is 297 g/mol. The van der Waals surface area contributed by atoms with E-state index in [-0.39, 0.29) is 12.2 Å². The van der Waals surface area contributed by atoms with Crippen LogP contribution in [0.5, 0.6) is 0 Å². The number of amides is 3. The summed E-state index contributed by atoms with van der Waals surface area (Å²) in [6, 6.07) is 16.7. The van der Waals surface area contributed by atoms with Gasteiger partial charge >= 0.3 is 6.03 Å². The molecule has 3 amide bonds. The molecule has 0 saturated carbocycles. The smallest absolute Gasteiger partial charge is 0.307 e. The minimum absolute atomic E-state index is 0.316. The SMILES string of the molecule is O=C(CC(=O)c1ccccc1)NNC(=O)Nc1ccccc1. The van der Waals surface area contributed by atoms with Crippen molar-refractivity contribution in [2.24, 2.45) is 0 Å². The highest BCUT2D eigenvalue weighted by molar-refractivity contribution is 6.07. The monoisotopic (exact) mass is 297 g/mol. The molecule has 0 fully saturated rings. The van der Waals surface area contributed by atoms with Crippen LogP contribution in [0.25, 0.3) is 0 Å².